The largest absolute Gasteiger partial charge is 0.496 e. The second kappa shape index (κ2) is 7.20. The molecule has 0 amide bonds. The molecule has 0 bridgehead atoms. The molecule has 2 aliphatic rings. The average Bonchev–Trinajstić information content (AvgIpc) is 2.95. The fourth-order valence-electron chi connectivity index (χ4n) is 4.34. The summed E-state index contributed by atoms with van der Waals surface area (Å²) in [5.74, 6) is 1.24. The van der Waals surface area contributed by atoms with Gasteiger partial charge in [0.2, 0.25) is 0 Å². The molecule has 3 rings (SSSR count). The van der Waals surface area contributed by atoms with Crippen LogP contribution in [0.5, 0.6) is 5.75 Å². The number of benzene rings is 1. The van der Waals surface area contributed by atoms with Gasteiger partial charge in [-0.1, -0.05) is 12.1 Å². The standard InChI is InChI=1S/C19H29NO3/c1-13-9-15(10-14(2)19(13)22-3)11-20-7-4-5-17(20)16-12-23-8-6-18(16)21/h9-10,16-18,21H,4-8,11-12H2,1-3H3. The SMILES string of the molecule is COc1c(C)cc(CN2CCCC2C2COCCC2O)cc1C. The van der Waals surface area contributed by atoms with Crippen LogP contribution in [0.1, 0.15) is 36.0 Å². The third kappa shape index (κ3) is 3.54. The van der Waals surface area contributed by atoms with E-state index in [1.165, 1.54) is 29.5 Å². The number of hydrogen-bond acceptors (Lipinski definition) is 4. The Morgan fingerprint density at radius 3 is 2.65 bits per heavy atom. The zero-order chi connectivity index (χ0) is 16.4. The molecule has 1 aromatic rings. The predicted molar refractivity (Wildman–Crippen MR) is 90.8 cm³/mol. The number of ether oxygens (including phenoxy) is 2. The summed E-state index contributed by atoms with van der Waals surface area (Å²) in [6.45, 7) is 7.66. The smallest absolute Gasteiger partial charge is 0.124 e. The Labute approximate surface area is 139 Å². The van der Waals surface area contributed by atoms with Gasteiger partial charge in [-0.25, -0.2) is 0 Å². The number of methoxy groups -OCH3 is 1. The Hall–Kier alpha value is -1.10. The highest BCUT2D eigenvalue weighted by Gasteiger charge is 2.37. The second-order valence-corrected chi connectivity index (χ2v) is 7.04. The van der Waals surface area contributed by atoms with Crippen molar-refractivity contribution >= 4 is 0 Å². The lowest BCUT2D eigenvalue weighted by Gasteiger charge is -2.37. The number of likely N-dealkylation sites (tertiary alicyclic amines) is 1. The molecule has 1 aromatic carbocycles. The molecule has 0 radical (unpaired) electrons. The number of aryl methyl sites for hydroxylation is 2. The molecule has 128 valence electrons. The van der Waals surface area contributed by atoms with Crippen molar-refractivity contribution in [2.24, 2.45) is 5.92 Å². The molecule has 0 spiro atoms. The van der Waals surface area contributed by atoms with Crippen LogP contribution in [0.3, 0.4) is 0 Å². The van der Waals surface area contributed by atoms with Crippen molar-refractivity contribution in [3.05, 3.63) is 28.8 Å². The van der Waals surface area contributed by atoms with Crippen molar-refractivity contribution in [3.8, 4) is 5.75 Å². The van der Waals surface area contributed by atoms with Crippen LogP contribution in [0.25, 0.3) is 0 Å². The van der Waals surface area contributed by atoms with Gasteiger partial charge in [0.05, 0.1) is 19.8 Å². The number of nitrogens with zero attached hydrogens (tertiary/aromatic N) is 1. The summed E-state index contributed by atoms with van der Waals surface area (Å²) in [7, 11) is 1.73. The first-order valence-corrected chi connectivity index (χ1v) is 8.74. The van der Waals surface area contributed by atoms with E-state index in [0.717, 1.165) is 25.3 Å². The fourth-order valence-corrected chi connectivity index (χ4v) is 4.34. The summed E-state index contributed by atoms with van der Waals surface area (Å²) in [5, 5.41) is 10.3. The van der Waals surface area contributed by atoms with Gasteiger partial charge in [0.15, 0.2) is 0 Å². The van der Waals surface area contributed by atoms with Gasteiger partial charge in [-0.3, -0.25) is 4.90 Å². The zero-order valence-electron chi connectivity index (χ0n) is 14.5. The molecule has 0 saturated carbocycles. The predicted octanol–water partition coefficient (Wildman–Crippen LogP) is 2.67. The first kappa shape index (κ1) is 16.7. The van der Waals surface area contributed by atoms with Gasteiger partial charge in [-0.15, -0.1) is 0 Å². The van der Waals surface area contributed by atoms with Crippen LogP contribution in [0.4, 0.5) is 0 Å². The van der Waals surface area contributed by atoms with Crippen LogP contribution in [0, 0.1) is 19.8 Å². The van der Waals surface area contributed by atoms with E-state index in [1.807, 2.05) is 0 Å². The summed E-state index contributed by atoms with van der Waals surface area (Å²) >= 11 is 0. The maximum atomic E-state index is 10.3. The van der Waals surface area contributed by atoms with E-state index < -0.39 is 0 Å². The summed E-state index contributed by atoms with van der Waals surface area (Å²) in [4.78, 5) is 2.53. The topological polar surface area (TPSA) is 41.9 Å². The molecule has 2 heterocycles. The first-order valence-electron chi connectivity index (χ1n) is 8.74. The van der Waals surface area contributed by atoms with Crippen molar-refractivity contribution in [1.82, 2.24) is 4.90 Å². The van der Waals surface area contributed by atoms with Gasteiger partial charge in [-0.05, 0) is 56.3 Å². The highest BCUT2D eigenvalue weighted by molar-refractivity contribution is 5.43. The summed E-state index contributed by atoms with van der Waals surface area (Å²) in [5.41, 5.74) is 3.72. The quantitative estimate of drug-likeness (QED) is 0.926. The van der Waals surface area contributed by atoms with E-state index in [2.05, 4.69) is 30.9 Å². The zero-order valence-corrected chi connectivity index (χ0v) is 14.5. The molecular formula is C19H29NO3. The van der Waals surface area contributed by atoms with E-state index in [1.54, 1.807) is 7.11 Å². The van der Waals surface area contributed by atoms with Gasteiger partial charge in [-0.2, -0.15) is 0 Å². The van der Waals surface area contributed by atoms with Crippen LogP contribution >= 0.6 is 0 Å². The number of aliphatic hydroxyl groups excluding tert-OH is 1. The second-order valence-electron chi connectivity index (χ2n) is 7.04. The van der Waals surface area contributed by atoms with Gasteiger partial charge in [0.25, 0.3) is 0 Å². The Morgan fingerprint density at radius 2 is 2.00 bits per heavy atom. The summed E-state index contributed by atoms with van der Waals surface area (Å²) in [6, 6.07) is 4.90. The molecule has 1 N–H and O–H groups in total. The molecule has 0 aliphatic carbocycles. The minimum Gasteiger partial charge on any atom is -0.496 e. The van der Waals surface area contributed by atoms with Crippen LogP contribution in [-0.4, -0.2) is 49.0 Å². The van der Waals surface area contributed by atoms with Crippen LogP contribution in [0.15, 0.2) is 12.1 Å². The Morgan fingerprint density at radius 1 is 1.26 bits per heavy atom. The van der Waals surface area contributed by atoms with Crippen molar-refractivity contribution in [3.63, 3.8) is 0 Å². The van der Waals surface area contributed by atoms with Crippen molar-refractivity contribution in [1.29, 1.82) is 0 Å². The van der Waals surface area contributed by atoms with Gasteiger partial charge in [0, 0.05) is 25.1 Å². The maximum Gasteiger partial charge on any atom is 0.124 e. The molecule has 3 unspecified atom stereocenters. The lowest BCUT2D eigenvalue weighted by Crippen LogP contribution is -2.45. The molecule has 2 saturated heterocycles. The average molecular weight is 319 g/mol. The monoisotopic (exact) mass is 319 g/mol. The minimum atomic E-state index is -0.214. The highest BCUT2D eigenvalue weighted by atomic mass is 16.5. The normalized spacial score (nSPS) is 29.0. The number of aliphatic hydroxyl groups is 1. The molecule has 2 fully saturated rings. The fraction of sp³-hybridized carbons (Fsp3) is 0.684. The van der Waals surface area contributed by atoms with Crippen LogP contribution < -0.4 is 4.74 Å². The van der Waals surface area contributed by atoms with E-state index >= 15 is 0 Å². The Balaban J connectivity index is 1.74. The van der Waals surface area contributed by atoms with Crippen LogP contribution in [-0.2, 0) is 11.3 Å². The minimum absolute atomic E-state index is 0.214. The lowest BCUT2D eigenvalue weighted by molar-refractivity contribution is -0.0636. The van der Waals surface area contributed by atoms with Crippen molar-refractivity contribution < 1.29 is 14.6 Å². The van der Waals surface area contributed by atoms with Crippen molar-refractivity contribution in [2.75, 3.05) is 26.9 Å². The summed E-state index contributed by atoms with van der Waals surface area (Å²) < 4.78 is 11.1. The van der Waals surface area contributed by atoms with E-state index in [-0.39, 0.29) is 12.0 Å². The van der Waals surface area contributed by atoms with E-state index in [9.17, 15) is 5.11 Å². The molecular weight excluding hydrogens is 290 g/mol. The molecule has 2 aliphatic heterocycles. The van der Waals surface area contributed by atoms with Crippen molar-refractivity contribution in [2.45, 2.75) is 51.8 Å². The third-order valence-corrected chi connectivity index (χ3v) is 5.38. The molecule has 0 aromatic heterocycles. The molecule has 3 atom stereocenters. The van der Waals surface area contributed by atoms with Gasteiger partial charge >= 0.3 is 0 Å². The van der Waals surface area contributed by atoms with Gasteiger partial charge < -0.3 is 14.6 Å². The Bertz CT molecular complexity index is 522. The first-order chi connectivity index (χ1) is 11.1. The van der Waals surface area contributed by atoms with E-state index in [0.29, 0.717) is 19.3 Å². The third-order valence-electron chi connectivity index (χ3n) is 5.38. The Kier molecular flexibility index (Phi) is 5.24. The molecule has 23 heavy (non-hydrogen) atoms. The number of hydrogen-bond donors (Lipinski definition) is 1. The number of rotatable bonds is 4. The maximum absolute atomic E-state index is 10.3. The molecule has 4 nitrogen and oxygen atoms in total. The lowest BCUT2D eigenvalue weighted by atomic mass is 9.89. The van der Waals surface area contributed by atoms with Gasteiger partial charge in [0.1, 0.15) is 5.75 Å². The molecule has 4 heteroatoms. The highest BCUT2D eigenvalue weighted by Crippen LogP contribution is 2.32. The summed E-state index contributed by atoms with van der Waals surface area (Å²) in [6.07, 6.45) is 2.94. The van der Waals surface area contributed by atoms with E-state index in [4.69, 9.17) is 9.47 Å². The van der Waals surface area contributed by atoms with Crippen LogP contribution in [0.2, 0.25) is 0 Å².